The van der Waals surface area contributed by atoms with Crippen molar-refractivity contribution in [3.63, 3.8) is 0 Å². The van der Waals surface area contributed by atoms with Crippen molar-refractivity contribution in [3.8, 4) is 0 Å². The van der Waals surface area contributed by atoms with Gasteiger partial charge in [0.15, 0.2) is 0 Å². The van der Waals surface area contributed by atoms with Gasteiger partial charge in [0.2, 0.25) is 0 Å². The van der Waals surface area contributed by atoms with Gasteiger partial charge in [-0.05, 0) is 68.9 Å². The molecule has 0 saturated heterocycles. The molecule has 0 aliphatic heterocycles. The molecule has 0 bridgehead atoms. The Morgan fingerprint density at radius 2 is 0.636 bits per heavy atom. The van der Waals surface area contributed by atoms with E-state index in [9.17, 15) is 0 Å². The number of allylic oxidation sites excluding steroid dienone is 7. The molecule has 0 atom stereocenters. The van der Waals surface area contributed by atoms with Gasteiger partial charge in [0.1, 0.15) is 6.33 Å². The Hall–Kier alpha value is -2.49. The molecule has 9 rings (SSSR count). The number of hydrogen-bond donors (Lipinski definition) is 1. The van der Waals surface area contributed by atoms with E-state index in [-0.39, 0.29) is 270 Å². The van der Waals surface area contributed by atoms with Crippen LogP contribution in [0.15, 0.2) is 190 Å². The summed E-state index contributed by atoms with van der Waals surface area (Å²) in [4.78, 5) is 36.4. The summed E-state index contributed by atoms with van der Waals surface area (Å²) in [6, 6.07) is 11.1. The standard InChI is InChI=1S/2C6H12.C5H5N.C5H10.2C5H8.3C4H4N2.C4H4.C3H5NO.C3H5N.C3H3N.C3H7N.C3H3N.4C2H2N2.8CH4.10W/c3*1-2-4-6-5-3-1;3*1-2-4-5-3-1;1-2-6-4-3-5-1;1-2-5-4-6-3-1;1-2-4-6-5-3-1;1-3-4-2;1-2-4-3-5;2*1-3-4-2;2*1-2-3-4;1-4-2-3;1-3-4-2;1-2-4-3;3-1-2-4;;;;;;;;;;;;;;;;;;/h2*1-6H2;1-5H;1-5H2;2*1-2H,3-5H2;3*1-4H;1-4H;1-2H2,(H,4,5);2H,1,3H2;1-3H;4H,1-3H2;1-3H;4*1-2H;8*1H4;;;;;;;;;;/q;;;;;;;;;10*-2;;;;;;;;;10*+2. The van der Waals surface area contributed by atoms with E-state index in [0.717, 1.165) is 31.1 Å². The zero-order valence-corrected chi connectivity index (χ0v) is 87.7. The van der Waals surface area contributed by atoms with Crippen molar-refractivity contribution >= 4 is 65.0 Å². The first-order valence-corrected chi connectivity index (χ1v) is 29.4. The van der Waals surface area contributed by atoms with Gasteiger partial charge >= 0.3 is 211 Å². The van der Waals surface area contributed by atoms with E-state index < -0.39 is 0 Å². The SMILES string of the molecule is C.C.C.C.C.C.C.C.C1=CCCC1.C1=CCCC1.C1CCCC1.C1CCCCC1.C1CCCCC1.[CH-]=CC=[CH-].[CH-]=CC=[N-].[CH-]=CN=[CH-].[CH-]=CN=[N-].[CH-]=NC=[N-].[CH-]=NC[CH2-].[CH-]=NN=[CH-].[CH2-]CC[NH-].[CH2-]CN[C-]=O.[N-]=CC=[N-].[W+2].[W+2].[W+2].[W+2].[W+2].[W+2].[W+2].[W+2].[W+2].[W+2].c1ccncc1.c1ccnnc1.c1cnccn1.c1cncnc1. The van der Waals surface area contributed by atoms with Crippen LogP contribution in [0.1, 0.15) is 214 Å². The van der Waals surface area contributed by atoms with Gasteiger partial charge < -0.3 is 172 Å². The number of amides is 1. The van der Waals surface area contributed by atoms with Gasteiger partial charge in [-0.2, -0.15) is 36.1 Å². The summed E-state index contributed by atoms with van der Waals surface area (Å²) in [5.74, 6) is 0. The van der Waals surface area contributed by atoms with Crippen LogP contribution in [0.5, 0.6) is 0 Å². The maximum absolute atomic E-state index is 9.13. The Morgan fingerprint density at radius 1 is 0.400 bits per heavy atom. The molecule has 2 N–H and O–H groups in total. The molecule has 0 unspecified atom stereocenters. The van der Waals surface area contributed by atoms with Gasteiger partial charge in [0.05, 0.1) is 0 Å². The van der Waals surface area contributed by atoms with Crippen molar-refractivity contribution in [2.75, 3.05) is 19.6 Å². The summed E-state index contributed by atoms with van der Waals surface area (Å²) in [5, 5.41) is 46.8. The van der Waals surface area contributed by atoms with Crippen molar-refractivity contribution in [2.24, 2.45) is 30.3 Å². The van der Waals surface area contributed by atoms with Crippen LogP contribution in [0.4, 0.5) is 0 Å². The number of aliphatic imine (C=N–C) groups is 3. The average Bonchev–Trinajstić information content (AvgIpc) is 2.19. The first-order valence-electron chi connectivity index (χ1n) is 29.4. The normalized spacial score (nSPS) is 9.42. The van der Waals surface area contributed by atoms with Crippen molar-refractivity contribution in [2.45, 2.75) is 214 Å². The Balaban J connectivity index is -0.0000000247. The van der Waals surface area contributed by atoms with Crippen LogP contribution in [0.25, 0.3) is 32.9 Å². The molecule has 5 aliphatic carbocycles. The molecule has 4 aromatic rings. The molecule has 1 amide bonds. The Morgan fingerprint density at radius 3 is 0.691 bits per heavy atom. The maximum atomic E-state index is 9.13. The number of nitrogens with zero attached hydrogens (tertiary/aromatic N) is 18. The van der Waals surface area contributed by atoms with Crippen LogP contribution in [0.3, 0.4) is 0 Å². The van der Waals surface area contributed by atoms with Gasteiger partial charge in [0, 0.05) is 62.0 Å². The van der Waals surface area contributed by atoms with Crippen molar-refractivity contribution in [1.29, 1.82) is 0 Å². The second-order valence-electron chi connectivity index (χ2n) is 16.2. The topological polar surface area (TPSA) is 329 Å². The zero-order valence-electron chi connectivity index (χ0n) is 58.3. The molecule has 0 spiro atoms. The van der Waals surface area contributed by atoms with Crippen LogP contribution in [0.2, 0.25) is 0 Å². The van der Waals surface area contributed by atoms with Crippen LogP contribution in [0, 0.1) is 53.7 Å². The van der Waals surface area contributed by atoms with Crippen LogP contribution in [-0.2, 0) is 215 Å². The molecule has 21 nitrogen and oxygen atoms in total. The van der Waals surface area contributed by atoms with Gasteiger partial charge in [-0.3, -0.25) is 33.9 Å². The zero-order chi connectivity index (χ0) is 70.9. The monoisotopic (exact) mass is 3220 g/mol. The van der Waals surface area contributed by atoms with Gasteiger partial charge in [-0.15, -0.1) is 13.1 Å². The molecular weight excluding hydrogens is 3080 g/mol. The first-order chi connectivity index (χ1) is 45.1. The Labute approximate surface area is 820 Å². The van der Waals surface area contributed by atoms with Gasteiger partial charge in [-0.1, -0.05) is 199 Å². The molecule has 616 valence electrons. The molecule has 5 aliphatic rings. The number of aromatic nitrogens is 7. The Bertz CT molecular complexity index is 1660. The molecule has 4 aromatic heterocycles. The summed E-state index contributed by atoms with van der Waals surface area (Å²) >= 11 is 0. The van der Waals surface area contributed by atoms with Crippen LogP contribution < -0.4 is 5.32 Å². The van der Waals surface area contributed by atoms with Gasteiger partial charge in [0.25, 0.3) is 0 Å². The average molecular weight is 3220 g/mol. The third-order valence-corrected chi connectivity index (χ3v) is 9.12. The quantitative estimate of drug-likeness (QED) is 0.0219. The number of carbonyl (C=O) groups excluding carboxylic acids is 1. The molecule has 3 saturated carbocycles. The number of pyridine rings is 1. The summed E-state index contributed by atoms with van der Waals surface area (Å²) in [5.41, 5.74) is 13.7. The largest absolute Gasteiger partial charge is 2.00 e. The third kappa shape index (κ3) is 325. The number of nitrogens with one attached hydrogen (secondary N) is 2. The van der Waals surface area contributed by atoms with E-state index in [1.807, 2.05) is 30.3 Å². The fourth-order valence-corrected chi connectivity index (χ4v) is 5.31. The minimum atomic E-state index is 0. The molecule has 31 heteroatoms. The summed E-state index contributed by atoms with van der Waals surface area (Å²) in [7, 11) is 0. The van der Waals surface area contributed by atoms with E-state index in [1.165, 1.54) is 173 Å². The fourth-order valence-electron chi connectivity index (χ4n) is 5.31. The number of hydrogen-bond acceptors (Lipinski definition) is 13. The van der Waals surface area contributed by atoms with E-state index >= 15 is 0 Å². The minimum absolute atomic E-state index is 0. The van der Waals surface area contributed by atoms with Crippen molar-refractivity contribution < 1.29 is 215 Å². The molecule has 0 radical (unpaired) electrons. The second kappa shape index (κ2) is 245. The van der Waals surface area contributed by atoms with E-state index in [1.54, 1.807) is 68.0 Å². The molecular formula is C79H134N20OW10. The van der Waals surface area contributed by atoms with Crippen molar-refractivity contribution in [1.82, 2.24) is 40.4 Å². The van der Waals surface area contributed by atoms with E-state index in [4.69, 9.17) is 50.9 Å². The van der Waals surface area contributed by atoms with Crippen LogP contribution >= 0.6 is 0 Å². The fraction of sp³-hybridized carbons (Fsp3) is 0.443. The molecule has 3 fully saturated rings. The van der Waals surface area contributed by atoms with Crippen LogP contribution in [-0.4, -0.2) is 120 Å². The number of rotatable bonds is 11. The summed E-state index contributed by atoms with van der Waals surface area (Å²) in [6.07, 6.45) is 70.8. The predicted octanol–water partition coefficient (Wildman–Crippen LogP) is 22.3. The minimum Gasteiger partial charge on any atom is -0.911 e. The first kappa shape index (κ1) is 193. The smallest absolute Gasteiger partial charge is 0.911 e. The van der Waals surface area contributed by atoms with Crippen molar-refractivity contribution in [3.05, 3.63) is 246 Å². The maximum Gasteiger partial charge on any atom is 2.00 e. The van der Waals surface area contributed by atoms with Gasteiger partial charge in [-0.25, -0.2) is 28.8 Å². The third-order valence-electron chi connectivity index (χ3n) is 9.12. The van der Waals surface area contributed by atoms with E-state index in [0.29, 0.717) is 38.4 Å². The Kier molecular flexibility index (Phi) is 430. The second-order valence-corrected chi connectivity index (χ2v) is 16.2. The van der Waals surface area contributed by atoms with E-state index in [2.05, 4.69) is 169 Å². The summed E-state index contributed by atoms with van der Waals surface area (Å²) < 4.78 is 0. The predicted molar refractivity (Wildman–Crippen MR) is 447 cm³/mol. The summed E-state index contributed by atoms with van der Waals surface area (Å²) in [6.45, 7) is 56.7. The molecule has 0 aromatic carbocycles. The molecule has 4 heterocycles. The molecule has 110 heavy (non-hydrogen) atoms.